The zero-order valence-electron chi connectivity index (χ0n) is 9.47. The second-order valence-electron chi connectivity index (χ2n) is 4.49. The van der Waals surface area contributed by atoms with E-state index in [0.717, 1.165) is 0 Å². The molecule has 0 atom stereocenters. The molecule has 0 spiro atoms. The van der Waals surface area contributed by atoms with Gasteiger partial charge in [-0.1, -0.05) is 0 Å². The Kier molecular flexibility index (Phi) is 2.16. The molecule has 0 aliphatic carbocycles. The van der Waals surface area contributed by atoms with Crippen LogP contribution in [0.1, 0.15) is 12.6 Å². The van der Waals surface area contributed by atoms with Crippen LogP contribution >= 0.6 is 0 Å². The summed E-state index contributed by atoms with van der Waals surface area (Å²) in [6.07, 6.45) is 0. The Morgan fingerprint density at radius 1 is 1.56 bits per heavy atom. The fraction of sp³-hybridized carbons (Fsp3) is 0.667. The summed E-state index contributed by atoms with van der Waals surface area (Å²) in [4.78, 5) is 12.3. The molecular formula is C9H14N4O3. The quantitative estimate of drug-likeness (QED) is 0.575. The van der Waals surface area contributed by atoms with E-state index in [-0.39, 0.29) is 5.69 Å². The van der Waals surface area contributed by atoms with Gasteiger partial charge in [0.25, 0.3) is 0 Å². The highest BCUT2D eigenvalue weighted by atomic mass is 16.6. The summed E-state index contributed by atoms with van der Waals surface area (Å²) < 4.78 is 1.49. The molecule has 1 fully saturated rings. The molecule has 1 aromatic heterocycles. The first kappa shape index (κ1) is 10.9. The highest BCUT2D eigenvalue weighted by Crippen LogP contribution is 2.35. The van der Waals surface area contributed by atoms with E-state index >= 15 is 0 Å². The minimum absolute atomic E-state index is 0.0259. The van der Waals surface area contributed by atoms with Gasteiger partial charge < -0.3 is 10.0 Å². The van der Waals surface area contributed by atoms with Gasteiger partial charge in [-0.2, -0.15) is 5.10 Å². The van der Waals surface area contributed by atoms with Crippen LogP contribution in [0.15, 0.2) is 0 Å². The third-order valence-electron chi connectivity index (χ3n) is 2.71. The number of rotatable bonds is 2. The summed E-state index contributed by atoms with van der Waals surface area (Å²) in [5.41, 5.74) is -0.335. The van der Waals surface area contributed by atoms with Gasteiger partial charge in [-0.3, -0.25) is 10.1 Å². The monoisotopic (exact) mass is 226 g/mol. The molecule has 7 heteroatoms. The van der Waals surface area contributed by atoms with Crippen molar-refractivity contribution in [2.45, 2.75) is 19.4 Å². The second-order valence-corrected chi connectivity index (χ2v) is 4.49. The molecule has 2 heterocycles. The van der Waals surface area contributed by atoms with Gasteiger partial charge in [0.05, 0.1) is 10.5 Å². The van der Waals surface area contributed by atoms with Gasteiger partial charge in [-0.25, -0.2) is 4.68 Å². The molecule has 0 amide bonds. The summed E-state index contributed by atoms with van der Waals surface area (Å²) in [6.45, 7) is 4.11. The Hall–Kier alpha value is -1.63. The highest BCUT2D eigenvalue weighted by Gasteiger charge is 2.42. The molecule has 1 aromatic rings. The van der Waals surface area contributed by atoms with Crippen LogP contribution in [0.3, 0.4) is 0 Å². The van der Waals surface area contributed by atoms with Crippen LogP contribution in [-0.4, -0.2) is 38.5 Å². The molecule has 16 heavy (non-hydrogen) atoms. The predicted octanol–water partition coefficient (Wildman–Crippen LogP) is 0.208. The van der Waals surface area contributed by atoms with Crippen molar-refractivity contribution < 1.29 is 10.0 Å². The van der Waals surface area contributed by atoms with Gasteiger partial charge in [-0.05, 0) is 13.8 Å². The molecule has 0 radical (unpaired) electrons. The summed E-state index contributed by atoms with van der Waals surface area (Å²) in [6, 6.07) is 0. The van der Waals surface area contributed by atoms with Gasteiger partial charge >= 0.3 is 5.69 Å². The van der Waals surface area contributed by atoms with E-state index in [1.165, 1.54) is 4.68 Å². The molecule has 1 N–H and O–H groups in total. The van der Waals surface area contributed by atoms with E-state index in [1.54, 1.807) is 25.8 Å². The van der Waals surface area contributed by atoms with Crippen LogP contribution in [0.25, 0.3) is 0 Å². The lowest BCUT2D eigenvalue weighted by molar-refractivity contribution is -0.384. The average molecular weight is 226 g/mol. The normalized spacial score (nSPS) is 18.4. The van der Waals surface area contributed by atoms with Crippen molar-refractivity contribution in [2.75, 3.05) is 18.0 Å². The Morgan fingerprint density at radius 3 is 2.56 bits per heavy atom. The third kappa shape index (κ3) is 1.53. The molecule has 2 rings (SSSR count). The maximum Gasteiger partial charge on any atom is 0.333 e. The fourth-order valence-corrected chi connectivity index (χ4v) is 2.13. The maximum atomic E-state index is 10.9. The molecule has 7 nitrogen and oxygen atoms in total. The van der Waals surface area contributed by atoms with Crippen molar-refractivity contribution >= 4 is 11.5 Å². The lowest BCUT2D eigenvalue weighted by atomic mass is 9.97. The Labute approximate surface area is 92.4 Å². The van der Waals surface area contributed by atoms with Crippen molar-refractivity contribution in [1.29, 1.82) is 0 Å². The van der Waals surface area contributed by atoms with Crippen LogP contribution in [0.4, 0.5) is 11.5 Å². The van der Waals surface area contributed by atoms with E-state index in [1.807, 2.05) is 0 Å². The first-order chi connectivity index (χ1) is 7.32. The number of anilines is 1. The van der Waals surface area contributed by atoms with Crippen molar-refractivity contribution in [2.24, 2.45) is 7.05 Å². The maximum absolute atomic E-state index is 10.9. The number of nitrogens with zero attached hydrogens (tertiary/aromatic N) is 4. The standard InChI is InChI=1S/C9H14N4O3/c1-6-7(13(15)16)8(11(3)10-6)12-4-9(2,14)5-12/h14H,4-5H2,1-3H3. The summed E-state index contributed by atoms with van der Waals surface area (Å²) in [7, 11) is 1.67. The van der Waals surface area contributed by atoms with Crippen LogP contribution < -0.4 is 4.90 Å². The molecule has 0 unspecified atom stereocenters. The Bertz CT molecular complexity index is 444. The smallest absolute Gasteiger partial charge is 0.333 e. The van der Waals surface area contributed by atoms with Crippen molar-refractivity contribution in [3.8, 4) is 0 Å². The first-order valence-corrected chi connectivity index (χ1v) is 4.97. The Morgan fingerprint density at radius 2 is 2.12 bits per heavy atom. The topological polar surface area (TPSA) is 84.4 Å². The number of hydrogen-bond acceptors (Lipinski definition) is 5. The lowest BCUT2D eigenvalue weighted by Crippen LogP contribution is -2.60. The molecule has 0 bridgehead atoms. The first-order valence-electron chi connectivity index (χ1n) is 4.97. The largest absolute Gasteiger partial charge is 0.386 e. The second kappa shape index (κ2) is 3.18. The number of aryl methyl sites for hydroxylation is 2. The van der Waals surface area contributed by atoms with E-state index in [0.29, 0.717) is 24.6 Å². The minimum Gasteiger partial charge on any atom is -0.386 e. The number of β-amino-alcohol motifs (C(OH)–C–C–N with tert-alkyl or cyclic N) is 1. The number of aromatic nitrogens is 2. The number of hydrogen-bond donors (Lipinski definition) is 1. The van der Waals surface area contributed by atoms with Crippen LogP contribution in [0.2, 0.25) is 0 Å². The van der Waals surface area contributed by atoms with Gasteiger partial charge in [0.1, 0.15) is 5.69 Å². The van der Waals surface area contributed by atoms with Crippen molar-refractivity contribution in [3.63, 3.8) is 0 Å². The zero-order valence-corrected chi connectivity index (χ0v) is 9.47. The summed E-state index contributed by atoms with van der Waals surface area (Å²) in [5, 5.41) is 24.6. The van der Waals surface area contributed by atoms with Gasteiger partial charge in [0.2, 0.25) is 5.82 Å². The van der Waals surface area contributed by atoms with Crippen LogP contribution in [-0.2, 0) is 7.05 Å². The molecule has 1 aliphatic rings. The fourth-order valence-electron chi connectivity index (χ4n) is 2.13. The van der Waals surface area contributed by atoms with Gasteiger partial charge in [-0.15, -0.1) is 0 Å². The lowest BCUT2D eigenvalue weighted by Gasteiger charge is -2.44. The van der Waals surface area contributed by atoms with Crippen LogP contribution in [0.5, 0.6) is 0 Å². The zero-order chi connectivity index (χ0) is 12.1. The van der Waals surface area contributed by atoms with Crippen LogP contribution in [0, 0.1) is 17.0 Å². The minimum atomic E-state index is -0.758. The van der Waals surface area contributed by atoms with Gasteiger partial charge in [0.15, 0.2) is 0 Å². The van der Waals surface area contributed by atoms with E-state index in [9.17, 15) is 15.2 Å². The van der Waals surface area contributed by atoms with Crippen molar-refractivity contribution in [1.82, 2.24) is 9.78 Å². The number of aliphatic hydroxyl groups is 1. The van der Waals surface area contributed by atoms with E-state index in [2.05, 4.69) is 5.10 Å². The molecule has 1 saturated heterocycles. The summed E-state index contributed by atoms with van der Waals surface area (Å²) >= 11 is 0. The van der Waals surface area contributed by atoms with Crippen molar-refractivity contribution in [3.05, 3.63) is 15.8 Å². The molecule has 0 saturated carbocycles. The van der Waals surface area contributed by atoms with Gasteiger partial charge in [0, 0.05) is 20.1 Å². The van der Waals surface area contributed by atoms with E-state index in [4.69, 9.17) is 0 Å². The predicted molar refractivity (Wildman–Crippen MR) is 57.4 cm³/mol. The Balaban J connectivity index is 2.38. The molecule has 1 aliphatic heterocycles. The number of nitro groups is 1. The summed E-state index contributed by atoms with van der Waals surface area (Å²) in [5.74, 6) is 0.467. The molecule has 0 aromatic carbocycles. The van der Waals surface area contributed by atoms with E-state index < -0.39 is 10.5 Å². The average Bonchev–Trinajstić information content (AvgIpc) is 2.36. The SMILES string of the molecule is Cc1nn(C)c(N2CC(C)(O)C2)c1[N+](=O)[O-]. The molecule has 88 valence electrons. The third-order valence-corrected chi connectivity index (χ3v) is 2.71. The highest BCUT2D eigenvalue weighted by molar-refractivity contribution is 5.63. The molecular weight excluding hydrogens is 212 g/mol.